The molecule has 0 radical (unpaired) electrons. The lowest BCUT2D eigenvalue weighted by molar-refractivity contribution is 0.212. The first-order chi connectivity index (χ1) is 15.8. The molecule has 0 heterocycles. The Kier molecular flexibility index (Phi) is 4.00. The van der Waals surface area contributed by atoms with Gasteiger partial charge in [0.15, 0.2) is 0 Å². The third kappa shape index (κ3) is 2.07. The number of oxime groups is 1. The van der Waals surface area contributed by atoms with E-state index in [9.17, 15) is 0 Å². The van der Waals surface area contributed by atoms with Gasteiger partial charge in [0.25, 0.3) is 0 Å². The van der Waals surface area contributed by atoms with Crippen molar-refractivity contribution in [2.75, 3.05) is 7.11 Å². The molecule has 154 valence electrons. The summed E-state index contributed by atoms with van der Waals surface area (Å²) in [6, 6.07) is 34.7. The highest BCUT2D eigenvalue weighted by molar-refractivity contribution is 6.00. The summed E-state index contributed by atoms with van der Waals surface area (Å²) in [6.45, 7) is 4.45. The van der Waals surface area contributed by atoms with Gasteiger partial charge in [-0.1, -0.05) is 108 Å². The van der Waals surface area contributed by atoms with Crippen molar-refractivity contribution in [3.63, 3.8) is 0 Å². The van der Waals surface area contributed by atoms with E-state index in [0.717, 1.165) is 0 Å². The van der Waals surface area contributed by atoms with Gasteiger partial charge >= 0.3 is 0 Å². The standard InChI is InChI=1S/C30H23NO/c1-3-29(25-16-8-4-12-21(25)22-13-5-9-17-26(22)29)30(20-31-32-2)27-18-10-6-14-23(27)24-15-7-11-19-28(24)30/h3-20H,1H2,2H3/b31-20-. The van der Waals surface area contributed by atoms with Gasteiger partial charge in [-0.25, -0.2) is 0 Å². The summed E-state index contributed by atoms with van der Waals surface area (Å²) in [5, 5.41) is 4.43. The second-order valence-electron chi connectivity index (χ2n) is 8.42. The third-order valence-corrected chi connectivity index (χ3v) is 7.27. The van der Waals surface area contributed by atoms with Crippen LogP contribution in [0.4, 0.5) is 0 Å². The molecule has 0 saturated carbocycles. The molecule has 0 saturated heterocycles. The highest BCUT2D eigenvalue weighted by Crippen LogP contribution is 2.64. The monoisotopic (exact) mass is 413 g/mol. The fraction of sp³-hybridized carbons (Fsp3) is 0.100. The second-order valence-corrected chi connectivity index (χ2v) is 8.42. The van der Waals surface area contributed by atoms with E-state index in [1.54, 1.807) is 7.11 Å². The van der Waals surface area contributed by atoms with E-state index in [4.69, 9.17) is 4.84 Å². The molecule has 4 aromatic rings. The molecule has 0 N–H and O–H groups in total. The molecular weight excluding hydrogens is 390 g/mol. The SMILES string of the molecule is C=CC1(C2(/C=N\OC)c3ccccc3-c3ccccc32)c2ccccc2-c2ccccc21. The van der Waals surface area contributed by atoms with E-state index in [1.807, 2.05) is 6.21 Å². The maximum atomic E-state index is 5.32. The fourth-order valence-electron chi connectivity index (χ4n) is 6.14. The summed E-state index contributed by atoms with van der Waals surface area (Å²) < 4.78 is 0. The summed E-state index contributed by atoms with van der Waals surface area (Å²) in [6.07, 6.45) is 4.12. The summed E-state index contributed by atoms with van der Waals surface area (Å²) >= 11 is 0. The summed E-state index contributed by atoms with van der Waals surface area (Å²) in [7, 11) is 1.61. The molecule has 2 aliphatic rings. The Hall–Kier alpha value is -3.91. The predicted octanol–water partition coefficient (Wildman–Crippen LogP) is 6.74. The lowest BCUT2D eigenvalue weighted by Gasteiger charge is -2.45. The zero-order chi connectivity index (χ0) is 21.8. The summed E-state index contributed by atoms with van der Waals surface area (Å²) in [4.78, 5) is 5.32. The first-order valence-corrected chi connectivity index (χ1v) is 10.9. The van der Waals surface area contributed by atoms with Crippen molar-refractivity contribution in [2.45, 2.75) is 10.8 Å². The van der Waals surface area contributed by atoms with Crippen LogP contribution in [0.5, 0.6) is 0 Å². The zero-order valence-electron chi connectivity index (χ0n) is 18.0. The van der Waals surface area contributed by atoms with Crippen LogP contribution >= 0.6 is 0 Å². The minimum absolute atomic E-state index is 0.551. The second kappa shape index (κ2) is 6.80. The lowest BCUT2D eigenvalue weighted by Crippen LogP contribution is -2.49. The maximum absolute atomic E-state index is 5.32. The van der Waals surface area contributed by atoms with Crippen molar-refractivity contribution in [3.05, 3.63) is 132 Å². The average molecular weight is 414 g/mol. The van der Waals surface area contributed by atoms with Crippen molar-refractivity contribution in [1.29, 1.82) is 0 Å². The highest BCUT2D eigenvalue weighted by atomic mass is 16.6. The van der Waals surface area contributed by atoms with Gasteiger partial charge in [0.1, 0.15) is 7.11 Å². The minimum atomic E-state index is -0.610. The number of benzene rings is 4. The molecule has 0 aliphatic heterocycles. The first kappa shape index (κ1) is 18.8. The normalized spacial score (nSPS) is 16.2. The van der Waals surface area contributed by atoms with Crippen LogP contribution in [-0.2, 0) is 15.7 Å². The van der Waals surface area contributed by atoms with Crippen LogP contribution in [-0.4, -0.2) is 13.3 Å². The quantitative estimate of drug-likeness (QED) is 0.206. The first-order valence-electron chi connectivity index (χ1n) is 10.9. The molecule has 0 amide bonds. The Morgan fingerprint density at radius 3 is 1.28 bits per heavy atom. The summed E-state index contributed by atoms with van der Waals surface area (Å²) in [5.41, 5.74) is 8.70. The highest BCUT2D eigenvalue weighted by Gasteiger charge is 2.60. The smallest absolute Gasteiger partial charge is 0.106 e. The van der Waals surface area contributed by atoms with Gasteiger partial charge in [-0.2, -0.15) is 0 Å². The van der Waals surface area contributed by atoms with Crippen LogP contribution in [0.1, 0.15) is 22.3 Å². The van der Waals surface area contributed by atoms with Crippen LogP contribution in [0, 0.1) is 0 Å². The average Bonchev–Trinajstić information content (AvgIpc) is 3.32. The van der Waals surface area contributed by atoms with Crippen molar-refractivity contribution >= 4 is 6.21 Å². The van der Waals surface area contributed by atoms with Crippen molar-refractivity contribution in [3.8, 4) is 22.3 Å². The Balaban J connectivity index is 1.85. The Bertz CT molecular complexity index is 1310. The Morgan fingerprint density at radius 1 is 0.594 bits per heavy atom. The van der Waals surface area contributed by atoms with Crippen LogP contribution in [0.25, 0.3) is 22.3 Å². The maximum Gasteiger partial charge on any atom is 0.106 e. The van der Waals surface area contributed by atoms with Gasteiger partial charge < -0.3 is 4.84 Å². The molecule has 0 aromatic heterocycles. The largest absolute Gasteiger partial charge is 0.399 e. The molecule has 6 rings (SSSR count). The molecule has 32 heavy (non-hydrogen) atoms. The van der Waals surface area contributed by atoms with E-state index in [0.29, 0.717) is 0 Å². The van der Waals surface area contributed by atoms with E-state index in [2.05, 4.69) is 115 Å². The lowest BCUT2D eigenvalue weighted by atomic mass is 9.55. The number of fused-ring (bicyclic) bond motifs is 6. The Morgan fingerprint density at radius 2 is 0.938 bits per heavy atom. The fourth-order valence-corrected chi connectivity index (χ4v) is 6.14. The Labute approximate surface area is 188 Å². The summed E-state index contributed by atoms with van der Waals surface area (Å²) in [5.74, 6) is 0. The zero-order valence-corrected chi connectivity index (χ0v) is 18.0. The van der Waals surface area contributed by atoms with E-state index in [-0.39, 0.29) is 0 Å². The molecule has 2 heteroatoms. The number of hydrogen-bond acceptors (Lipinski definition) is 2. The van der Waals surface area contributed by atoms with Gasteiger partial charge in [0.05, 0.1) is 17.0 Å². The van der Waals surface area contributed by atoms with Gasteiger partial charge in [-0.05, 0) is 44.5 Å². The third-order valence-electron chi connectivity index (χ3n) is 7.27. The van der Waals surface area contributed by atoms with Gasteiger partial charge in [0.2, 0.25) is 0 Å². The molecule has 2 nitrogen and oxygen atoms in total. The van der Waals surface area contributed by atoms with Crippen LogP contribution in [0.2, 0.25) is 0 Å². The molecule has 0 unspecified atom stereocenters. The molecular formula is C30H23NO. The molecule has 4 aromatic carbocycles. The molecule has 0 atom stereocenters. The van der Waals surface area contributed by atoms with Crippen LogP contribution in [0.15, 0.2) is 115 Å². The van der Waals surface area contributed by atoms with Crippen LogP contribution in [0.3, 0.4) is 0 Å². The predicted molar refractivity (Wildman–Crippen MR) is 131 cm³/mol. The van der Waals surface area contributed by atoms with Crippen molar-refractivity contribution < 1.29 is 4.84 Å². The van der Waals surface area contributed by atoms with Gasteiger partial charge in [-0.15, -0.1) is 6.58 Å². The van der Waals surface area contributed by atoms with Crippen molar-refractivity contribution in [1.82, 2.24) is 0 Å². The number of nitrogens with zero attached hydrogens (tertiary/aromatic N) is 1. The molecule has 2 aliphatic carbocycles. The number of hydrogen-bond donors (Lipinski definition) is 0. The molecule has 0 bridgehead atoms. The number of allylic oxidation sites excluding steroid dienone is 1. The van der Waals surface area contributed by atoms with Gasteiger partial charge in [-0.3, -0.25) is 0 Å². The number of rotatable bonds is 4. The van der Waals surface area contributed by atoms with E-state index < -0.39 is 10.8 Å². The van der Waals surface area contributed by atoms with Gasteiger partial charge in [0, 0.05) is 0 Å². The molecule has 0 fully saturated rings. The van der Waals surface area contributed by atoms with Crippen LogP contribution < -0.4 is 0 Å². The topological polar surface area (TPSA) is 21.6 Å². The van der Waals surface area contributed by atoms with Crippen molar-refractivity contribution in [2.24, 2.45) is 5.16 Å². The van der Waals surface area contributed by atoms with E-state index in [1.165, 1.54) is 44.5 Å². The minimum Gasteiger partial charge on any atom is -0.399 e. The molecule has 0 spiro atoms. The van der Waals surface area contributed by atoms with E-state index >= 15 is 0 Å².